The first kappa shape index (κ1) is 10.8. The molecule has 1 aromatic rings. The van der Waals surface area contributed by atoms with Gasteiger partial charge in [-0.15, -0.1) is 0 Å². The summed E-state index contributed by atoms with van der Waals surface area (Å²) in [4.78, 5) is 0. The van der Waals surface area contributed by atoms with E-state index in [1.165, 1.54) is 5.01 Å². The van der Waals surface area contributed by atoms with Gasteiger partial charge in [-0.1, -0.05) is 6.07 Å². The largest absolute Gasteiger partial charge is 0.314 e. The van der Waals surface area contributed by atoms with Crippen molar-refractivity contribution in [2.75, 3.05) is 23.0 Å². The molecule has 0 amide bonds. The topological polar surface area (TPSA) is 75.4 Å². The van der Waals surface area contributed by atoms with E-state index in [4.69, 9.17) is 5.84 Å². The van der Waals surface area contributed by atoms with Gasteiger partial charge in [-0.05, 0) is 18.2 Å². The van der Waals surface area contributed by atoms with Crippen LogP contribution in [0, 0.1) is 0 Å². The summed E-state index contributed by atoms with van der Waals surface area (Å²) in [6.45, 7) is 0. The lowest BCUT2D eigenvalue weighted by atomic mass is 10.3. The molecular weight excluding hydrogens is 202 g/mol. The molecule has 6 heteroatoms. The molecule has 0 aliphatic carbocycles. The van der Waals surface area contributed by atoms with Crippen molar-refractivity contribution in [3.63, 3.8) is 0 Å². The number of rotatable bonds is 3. The lowest BCUT2D eigenvalue weighted by Gasteiger charge is -2.13. The van der Waals surface area contributed by atoms with Crippen LogP contribution in [0.5, 0.6) is 0 Å². The Kier molecular flexibility index (Phi) is 2.97. The van der Waals surface area contributed by atoms with Gasteiger partial charge in [0.05, 0.1) is 17.6 Å². The molecule has 0 aliphatic heterocycles. The van der Waals surface area contributed by atoms with E-state index in [9.17, 15) is 8.42 Å². The zero-order valence-corrected chi connectivity index (χ0v) is 8.88. The number of hydrogen-bond acceptors (Lipinski definition) is 4. The number of nitrogens with one attached hydrogen (secondary N) is 1. The van der Waals surface area contributed by atoms with Crippen molar-refractivity contribution in [2.45, 2.75) is 0 Å². The van der Waals surface area contributed by atoms with E-state index in [0.717, 1.165) is 11.9 Å². The molecule has 1 rings (SSSR count). The Labute approximate surface area is 83.5 Å². The van der Waals surface area contributed by atoms with E-state index in [2.05, 4.69) is 4.72 Å². The molecule has 0 aliphatic rings. The quantitative estimate of drug-likeness (QED) is 0.564. The minimum Gasteiger partial charge on any atom is -0.314 e. The molecule has 0 spiro atoms. The van der Waals surface area contributed by atoms with Gasteiger partial charge < -0.3 is 5.01 Å². The molecule has 5 nitrogen and oxygen atoms in total. The van der Waals surface area contributed by atoms with Crippen molar-refractivity contribution in [3.8, 4) is 0 Å². The predicted molar refractivity (Wildman–Crippen MR) is 57.5 cm³/mol. The fourth-order valence-electron chi connectivity index (χ4n) is 1.00. The molecular formula is C8H13N3O2S. The maximum atomic E-state index is 10.9. The highest BCUT2D eigenvalue weighted by Gasteiger charge is 2.02. The average molecular weight is 215 g/mol. The molecule has 14 heavy (non-hydrogen) atoms. The maximum Gasteiger partial charge on any atom is 0.229 e. The Bertz CT molecular complexity index is 414. The summed E-state index contributed by atoms with van der Waals surface area (Å²) < 4.78 is 24.2. The van der Waals surface area contributed by atoms with Crippen LogP contribution in [-0.2, 0) is 10.0 Å². The third kappa shape index (κ3) is 3.23. The van der Waals surface area contributed by atoms with Crippen molar-refractivity contribution in [1.29, 1.82) is 0 Å². The summed E-state index contributed by atoms with van der Waals surface area (Å²) in [6, 6.07) is 6.83. The number of sulfonamides is 1. The SMILES string of the molecule is CN(N)c1cccc(NS(C)(=O)=O)c1. The summed E-state index contributed by atoms with van der Waals surface area (Å²) in [7, 11) is -1.55. The summed E-state index contributed by atoms with van der Waals surface area (Å²) in [6.07, 6.45) is 1.10. The molecule has 0 unspecified atom stereocenters. The average Bonchev–Trinajstić information content (AvgIpc) is 2.01. The molecule has 0 radical (unpaired) electrons. The predicted octanol–water partition coefficient (Wildman–Crippen LogP) is 0.368. The number of anilines is 2. The number of benzene rings is 1. The zero-order chi connectivity index (χ0) is 10.8. The normalized spacial score (nSPS) is 11.1. The first-order chi connectivity index (χ1) is 6.38. The van der Waals surface area contributed by atoms with Gasteiger partial charge in [-0.25, -0.2) is 14.3 Å². The summed E-state index contributed by atoms with van der Waals surface area (Å²) in [5, 5.41) is 1.41. The van der Waals surface area contributed by atoms with Crippen LogP contribution in [0.4, 0.5) is 11.4 Å². The second kappa shape index (κ2) is 3.85. The van der Waals surface area contributed by atoms with Crippen LogP contribution in [0.25, 0.3) is 0 Å². The Morgan fingerprint density at radius 3 is 2.57 bits per heavy atom. The van der Waals surface area contributed by atoms with Crippen LogP contribution < -0.4 is 15.6 Å². The molecule has 1 aromatic carbocycles. The third-order valence-corrected chi connectivity index (χ3v) is 2.16. The summed E-state index contributed by atoms with van der Waals surface area (Å²) in [5.74, 6) is 5.50. The summed E-state index contributed by atoms with van der Waals surface area (Å²) in [5.41, 5.74) is 1.24. The standard InChI is InChI=1S/C8H13N3O2S/c1-11(9)8-5-3-4-7(6-8)10-14(2,12)13/h3-6,10H,9H2,1-2H3. The molecule has 0 fully saturated rings. The highest BCUT2D eigenvalue weighted by atomic mass is 32.2. The maximum absolute atomic E-state index is 10.9. The fraction of sp³-hybridized carbons (Fsp3) is 0.250. The number of hydrazine groups is 1. The van der Waals surface area contributed by atoms with E-state index in [0.29, 0.717) is 5.69 Å². The van der Waals surface area contributed by atoms with Gasteiger partial charge in [0.15, 0.2) is 0 Å². The van der Waals surface area contributed by atoms with Crippen LogP contribution in [0.3, 0.4) is 0 Å². The molecule has 3 N–H and O–H groups in total. The fourth-order valence-corrected chi connectivity index (χ4v) is 1.56. The first-order valence-electron chi connectivity index (χ1n) is 3.95. The number of nitrogens with zero attached hydrogens (tertiary/aromatic N) is 1. The van der Waals surface area contributed by atoms with Gasteiger partial charge in [0.2, 0.25) is 10.0 Å². The van der Waals surface area contributed by atoms with Crippen molar-refractivity contribution in [3.05, 3.63) is 24.3 Å². The van der Waals surface area contributed by atoms with Gasteiger partial charge in [0.1, 0.15) is 0 Å². The van der Waals surface area contributed by atoms with Crippen LogP contribution in [-0.4, -0.2) is 21.7 Å². The number of nitrogens with two attached hydrogens (primary N) is 1. The minimum atomic E-state index is -3.23. The second-order valence-corrected chi connectivity index (χ2v) is 4.78. The third-order valence-electron chi connectivity index (χ3n) is 1.56. The molecule has 0 atom stereocenters. The zero-order valence-electron chi connectivity index (χ0n) is 8.06. The van der Waals surface area contributed by atoms with E-state index in [-0.39, 0.29) is 0 Å². The van der Waals surface area contributed by atoms with Gasteiger partial charge in [0, 0.05) is 7.05 Å². The second-order valence-electron chi connectivity index (χ2n) is 3.04. The van der Waals surface area contributed by atoms with Crippen molar-refractivity contribution >= 4 is 21.4 Å². The minimum absolute atomic E-state index is 0.502. The van der Waals surface area contributed by atoms with E-state index in [1.807, 2.05) is 0 Å². The van der Waals surface area contributed by atoms with Gasteiger partial charge >= 0.3 is 0 Å². The molecule has 0 bridgehead atoms. The van der Waals surface area contributed by atoms with Gasteiger partial charge in [-0.3, -0.25) is 4.72 Å². The highest BCUT2D eigenvalue weighted by Crippen LogP contribution is 2.16. The first-order valence-corrected chi connectivity index (χ1v) is 5.84. The van der Waals surface area contributed by atoms with E-state index in [1.54, 1.807) is 31.3 Å². The van der Waals surface area contributed by atoms with Crippen molar-refractivity contribution in [1.82, 2.24) is 0 Å². The Morgan fingerprint density at radius 2 is 2.07 bits per heavy atom. The Balaban J connectivity index is 2.95. The van der Waals surface area contributed by atoms with Crippen molar-refractivity contribution < 1.29 is 8.42 Å². The Hall–Kier alpha value is -1.27. The molecule has 78 valence electrons. The molecule has 0 heterocycles. The Morgan fingerprint density at radius 1 is 1.43 bits per heavy atom. The molecule has 0 saturated heterocycles. The highest BCUT2D eigenvalue weighted by molar-refractivity contribution is 7.92. The van der Waals surface area contributed by atoms with Gasteiger partial charge in [-0.2, -0.15) is 0 Å². The lowest BCUT2D eigenvalue weighted by Crippen LogP contribution is -2.25. The monoisotopic (exact) mass is 215 g/mol. The van der Waals surface area contributed by atoms with Gasteiger partial charge in [0.25, 0.3) is 0 Å². The van der Waals surface area contributed by atoms with Crippen LogP contribution in [0.2, 0.25) is 0 Å². The van der Waals surface area contributed by atoms with E-state index >= 15 is 0 Å². The smallest absolute Gasteiger partial charge is 0.229 e. The van der Waals surface area contributed by atoms with Crippen LogP contribution >= 0.6 is 0 Å². The molecule has 0 saturated carbocycles. The lowest BCUT2D eigenvalue weighted by molar-refractivity contribution is 0.607. The summed E-state index contributed by atoms with van der Waals surface area (Å²) >= 11 is 0. The number of hydrogen-bond donors (Lipinski definition) is 2. The molecule has 0 aromatic heterocycles. The van der Waals surface area contributed by atoms with Crippen molar-refractivity contribution in [2.24, 2.45) is 5.84 Å². The van der Waals surface area contributed by atoms with E-state index < -0.39 is 10.0 Å². The van der Waals surface area contributed by atoms with Crippen LogP contribution in [0.1, 0.15) is 0 Å². The van der Waals surface area contributed by atoms with Crippen LogP contribution in [0.15, 0.2) is 24.3 Å².